The predicted octanol–water partition coefficient (Wildman–Crippen LogP) is 1.15. The maximum atomic E-state index is 10.8. The van der Waals surface area contributed by atoms with Crippen LogP contribution in [0.2, 0.25) is 0 Å². The maximum Gasteiger partial charge on any atom is 0.269 e. The summed E-state index contributed by atoms with van der Waals surface area (Å²) in [5.41, 5.74) is 6.01. The molecule has 4 nitrogen and oxygen atoms in total. The fraction of sp³-hybridized carbons (Fsp3) is 0. The van der Waals surface area contributed by atoms with Crippen molar-refractivity contribution in [2.75, 3.05) is 0 Å². The quantitative estimate of drug-likeness (QED) is 0.766. The number of hydrogen-bond acceptors (Lipinski definition) is 3. The number of benzene rings is 1. The summed E-state index contributed by atoms with van der Waals surface area (Å²) >= 11 is 0. The smallest absolute Gasteiger partial charge is 0.269 e. The summed E-state index contributed by atoms with van der Waals surface area (Å²) in [5, 5.41) is 8.40. The molecular weight excluding hydrogens is 202 g/mol. The van der Waals surface area contributed by atoms with E-state index in [2.05, 4.69) is 10.2 Å². The average molecular weight is 210 g/mol. The molecule has 0 atom stereocenters. The standard InChI is InChI=1S/C9H7N3O.ClH/c10-9(13)8-5-6-3-1-2-4-7(6)11-12-8;/h1-5H,(H2,10,13);1H. The minimum atomic E-state index is -0.557. The Hall–Kier alpha value is -1.68. The number of aromatic nitrogens is 2. The summed E-state index contributed by atoms with van der Waals surface area (Å²) in [7, 11) is 0. The first-order valence-corrected chi connectivity index (χ1v) is 3.79. The Morgan fingerprint density at radius 1 is 1.21 bits per heavy atom. The van der Waals surface area contributed by atoms with E-state index in [0.717, 1.165) is 10.9 Å². The van der Waals surface area contributed by atoms with Crippen LogP contribution in [0.3, 0.4) is 0 Å². The second-order valence-corrected chi connectivity index (χ2v) is 2.65. The molecule has 0 unspecified atom stereocenters. The highest BCUT2D eigenvalue weighted by atomic mass is 35.5. The van der Waals surface area contributed by atoms with E-state index in [9.17, 15) is 4.79 Å². The Labute approximate surface area is 86.5 Å². The Bertz CT molecular complexity index is 472. The van der Waals surface area contributed by atoms with Crippen LogP contribution in [-0.4, -0.2) is 16.1 Å². The highest BCUT2D eigenvalue weighted by Crippen LogP contribution is 2.09. The lowest BCUT2D eigenvalue weighted by atomic mass is 10.2. The van der Waals surface area contributed by atoms with E-state index >= 15 is 0 Å². The van der Waals surface area contributed by atoms with Gasteiger partial charge in [0.1, 0.15) is 0 Å². The number of nitrogens with two attached hydrogens (primary N) is 1. The van der Waals surface area contributed by atoms with E-state index < -0.39 is 5.91 Å². The molecule has 2 aromatic rings. The third-order valence-corrected chi connectivity index (χ3v) is 1.75. The van der Waals surface area contributed by atoms with E-state index in [1.54, 1.807) is 6.07 Å². The van der Waals surface area contributed by atoms with Crippen molar-refractivity contribution in [2.45, 2.75) is 0 Å². The van der Waals surface area contributed by atoms with Crippen LogP contribution in [0.1, 0.15) is 10.5 Å². The summed E-state index contributed by atoms with van der Waals surface area (Å²) in [6.45, 7) is 0. The van der Waals surface area contributed by atoms with E-state index in [4.69, 9.17) is 5.73 Å². The van der Waals surface area contributed by atoms with Gasteiger partial charge in [-0.1, -0.05) is 18.2 Å². The molecule has 0 aliphatic carbocycles. The molecule has 0 spiro atoms. The third kappa shape index (κ3) is 1.80. The molecule has 1 heterocycles. The van der Waals surface area contributed by atoms with Crippen molar-refractivity contribution in [1.82, 2.24) is 10.2 Å². The summed E-state index contributed by atoms with van der Waals surface area (Å²) in [4.78, 5) is 10.8. The van der Waals surface area contributed by atoms with Gasteiger partial charge in [0.2, 0.25) is 0 Å². The second kappa shape index (κ2) is 4.02. The molecule has 0 saturated carbocycles. The first kappa shape index (κ1) is 10.4. The molecule has 0 fully saturated rings. The van der Waals surface area contributed by atoms with Crippen molar-refractivity contribution in [2.24, 2.45) is 5.73 Å². The van der Waals surface area contributed by atoms with Crippen LogP contribution in [0.25, 0.3) is 10.9 Å². The molecule has 0 saturated heterocycles. The van der Waals surface area contributed by atoms with Crippen molar-refractivity contribution < 1.29 is 4.79 Å². The van der Waals surface area contributed by atoms with Gasteiger partial charge in [0.25, 0.3) is 5.91 Å². The van der Waals surface area contributed by atoms with Crippen LogP contribution in [0.4, 0.5) is 0 Å². The van der Waals surface area contributed by atoms with Gasteiger partial charge in [0, 0.05) is 5.39 Å². The number of amides is 1. The number of carbonyl (C=O) groups excluding carboxylic acids is 1. The summed E-state index contributed by atoms with van der Waals surface area (Å²) in [5.74, 6) is -0.557. The molecular formula is C9H8ClN3O. The highest BCUT2D eigenvalue weighted by molar-refractivity contribution is 5.94. The number of nitrogens with zero attached hydrogens (tertiary/aromatic N) is 2. The summed E-state index contributed by atoms with van der Waals surface area (Å²) < 4.78 is 0. The number of hydrogen-bond donors (Lipinski definition) is 1. The van der Waals surface area contributed by atoms with Crippen LogP contribution in [0.5, 0.6) is 0 Å². The lowest BCUT2D eigenvalue weighted by molar-refractivity contribution is 0.0995. The zero-order valence-corrected chi connectivity index (χ0v) is 7.99. The predicted molar refractivity (Wildman–Crippen MR) is 55.3 cm³/mol. The molecule has 0 radical (unpaired) electrons. The molecule has 72 valence electrons. The Morgan fingerprint density at radius 2 is 1.93 bits per heavy atom. The Balaban J connectivity index is 0.000000980. The minimum Gasteiger partial charge on any atom is -0.364 e. The van der Waals surface area contributed by atoms with Crippen molar-refractivity contribution in [3.05, 3.63) is 36.0 Å². The van der Waals surface area contributed by atoms with Crippen molar-refractivity contribution in [1.29, 1.82) is 0 Å². The van der Waals surface area contributed by atoms with Crippen LogP contribution < -0.4 is 5.73 Å². The SMILES string of the molecule is Cl.NC(=O)c1cc2ccccc2nn1. The topological polar surface area (TPSA) is 68.9 Å². The van der Waals surface area contributed by atoms with Gasteiger partial charge in [-0.25, -0.2) is 0 Å². The molecule has 1 aromatic carbocycles. The maximum absolute atomic E-state index is 10.8. The molecule has 1 aromatic heterocycles. The van der Waals surface area contributed by atoms with Crippen molar-refractivity contribution in [3.63, 3.8) is 0 Å². The molecule has 0 bridgehead atoms. The molecule has 0 aliphatic heterocycles. The number of halogens is 1. The molecule has 2 N–H and O–H groups in total. The van der Waals surface area contributed by atoms with Crippen LogP contribution in [-0.2, 0) is 0 Å². The summed E-state index contributed by atoms with van der Waals surface area (Å²) in [6, 6.07) is 9.05. The largest absolute Gasteiger partial charge is 0.364 e. The second-order valence-electron chi connectivity index (χ2n) is 2.65. The van der Waals surface area contributed by atoms with E-state index in [1.807, 2.05) is 24.3 Å². The normalized spacial score (nSPS) is 9.43. The number of rotatable bonds is 1. The van der Waals surface area contributed by atoms with E-state index in [1.165, 1.54) is 0 Å². The van der Waals surface area contributed by atoms with Crippen molar-refractivity contribution >= 4 is 29.2 Å². The van der Waals surface area contributed by atoms with Crippen LogP contribution in [0.15, 0.2) is 30.3 Å². The van der Waals surface area contributed by atoms with Gasteiger partial charge in [0.05, 0.1) is 5.52 Å². The zero-order chi connectivity index (χ0) is 9.26. The molecule has 2 rings (SSSR count). The fourth-order valence-corrected chi connectivity index (χ4v) is 1.10. The van der Waals surface area contributed by atoms with Crippen molar-refractivity contribution in [3.8, 4) is 0 Å². The van der Waals surface area contributed by atoms with Crippen LogP contribution in [0, 0.1) is 0 Å². The molecule has 5 heteroatoms. The van der Waals surface area contributed by atoms with E-state index in [-0.39, 0.29) is 18.1 Å². The lowest BCUT2D eigenvalue weighted by Crippen LogP contribution is -2.13. The molecule has 0 aliphatic rings. The van der Waals surface area contributed by atoms with Gasteiger partial charge in [-0.2, -0.15) is 0 Å². The number of primary amides is 1. The first-order chi connectivity index (χ1) is 6.27. The third-order valence-electron chi connectivity index (χ3n) is 1.75. The number of fused-ring (bicyclic) bond motifs is 1. The fourth-order valence-electron chi connectivity index (χ4n) is 1.10. The van der Waals surface area contributed by atoms with Crippen LogP contribution >= 0.6 is 12.4 Å². The highest BCUT2D eigenvalue weighted by Gasteiger charge is 2.03. The zero-order valence-electron chi connectivity index (χ0n) is 7.18. The average Bonchev–Trinajstić information content (AvgIpc) is 2.17. The Kier molecular flexibility index (Phi) is 2.99. The minimum absolute atomic E-state index is 0. The van der Waals surface area contributed by atoms with Gasteiger partial charge < -0.3 is 5.73 Å². The van der Waals surface area contributed by atoms with Gasteiger partial charge in [-0.3, -0.25) is 4.79 Å². The Morgan fingerprint density at radius 3 is 2.64 bits per heavy atom. The number of carbonyl (C=O) groups is 1. The summed E-state index contributed by atoms with van der Waals surface area (Å²) in [6.07, 6.45) is 0. The van der Waals surface area contributed by atoms with Gasteiger partial charge in [-0.15, -0.1) is 22.6 Å². The van der Waals surface area contributed by atoms with Gasteiger partial charge >= 0.3 is 0 Å². The van der Waals surface area contributed by atoms with Gasteiger partial charge in [0.15, 0.2) is 5.69 Å². The molecule has 1 amide bonds. The first-order valence-electron chi connectivity index (χ1n) is 3.79. The van der Waals surface area contributed by atoms with Gasteiger partial charge in [-0.05, 0) is 12.1 Å². The lowest BCUT2D eigenvalue weighted by Gasteiger charge is -1.96. The van der Waals surface area contributed by atoms with E-state index in [0.29, 0.717) is 0 Å². The molecule has 14 heavy (non-hydrogen) atoms. The monoisotopic (exact) mass is 209 g/mol.